The van der Waals surface area contributed by atoms with E-state index in [4.69, 9.17) is 0 Å². The van der Waals surface area contributed by atoms with Crippen LogP contribution in [0.15, 0.2) is 24.3 Å². The lowest BCUT2D eigenvalue weighted by molar-refractivity contribution is -0.132. The highest BCUT2D eigenvalue weighted by molar-refractivity contribution is 7.91. The number of nitrogens with zero attached hydrogens (tertiary/aromatic N) is 2. The number of hydrogen-bond acceptors (Lipinski definition) is 4. The first-order valence-corrected chi connectivity index (χ1v) is 10.8. The third-order valence-electron chi connectivity index (χ3n) is 4.83. The van der Waals surface area contributed by atoms with Gasteiger partial charge in [0.05, 0.1) is 11.5 Å². The molecule has 0 radical (unpaired) electrons. The van der Waals surface area contributed by atoms with Gasteiger partial charge in [-0.2, -0.15) is 0 Å². The molecule has 1 unspecified atom stereocenters. The van der Waals surface area contributed by atoms with Crippen molar-refractivity contribution in [2.24, 2.45) is 0 Å². The van der Waals surface area contributed by atoms with Crippen molar-refractivity contribution in [2.75, 3.05) is 29.5 Å². The number of para-hydroxylation sites is 1. The van der Waals surface area contributed by atoms with Crippen molar-refractivity contribution < 1.29 is 18.0 Å². The molecule has 0 bridgehead atoms. The van der Waals surface area contributed by atoms with Crippen LogP contribution in [0.25, 0.3) is 0 Å². The zero-order valence-corrected chi connectivity index (χ0v) is 16.8. The Labute approximate surface area is 156 Å². The number of rotatable bonds is 6. The molecule has 1 atom stereocenters. The molecule has 1 fully saturated rings. The molecule has 0 saturated carbocycles. The summed E-state index contributed by atoms with van der Waals surface area (Å²) < 4.78 is 23.5. The second-order valence-electron chi connectivity index (χ2n) is 7.06. The molecule has 1 aliphatic rings. The van der Waals surface area contributed by atoms with Crippen molar-refractivity contribution in [3.8, 4) is 0 Å². The minimum Gasteiger partial charge on any atom is -0.337 e. The monoisotopic (exact) mass is 380 g/mol. The summed E-state index contributed by atoms with van der Waals surface area (Å²) in [5, 5.41) is 0. The van der Waals surface area contributed by atoms with Crippen molar-refractivity contribution in [2.45, 2.75) is 46.1 Å². The molecular formula is C19H28N2O4S. The van der Waals surface area contributed by atoms with Crippen molar-refractivity contribution in [3.63, 3.8) is 0 Å². The molecule has 144 valence electrons. The molecule has 0 aliphatic carbocycles. The average Bonchev–Trinajstić information content (AvgIpc) is 2.92. The lowest BCUT2D eigenvalue weighted by Gasteiger charge is -2.31. The van der Waals surface area contributed by atoms with E-state index in [9.17, 15) is 18.0 Å². The van der Waals surface area contributed by atoms with E-state index >= 15 is 0 Å². The molecule has 1 aliphatic heterocycles. The molecule has 2 amide bonds. The maximum Gasteiger partial charge on any atom is 0.242 e. The van der Waals surface area contributed by atoms with E-state index in [2.05, 4.69) is 0 Å². The predicted molar refractivity (Wildman–Crippen MR) is 103 cm³/mol. The summed E-state index contributed by atoms with van der Waals surface area (Å²) in [4.78, 5) is 28.2. The summed E-state index contributed by atoms with van der Waals surface area (Å²) in [6.45, 7) is 7.71. The first-order valence-electron chi connectivity index (χ1n) is 9.03. The maximum absolute atomic E-state index is 12.9. The Kier molecular flexibility index (Phi) is 6.44. The van der Waals surface area contributed by atoms with Crippen molar-refractivity contribution in [1.29, 1.82) is 0 Å². The summed E-state index contributed by atoms with van der Waals surface area (Å²) in [5.74, 6) is -0.0844. The van der Waals surface area contributed by atoms with Crippen LogP contribution in [-0.2, 0) is 19.4 Å². The van der Waals surface area contributed by atoms with Crippen molar-refractivity contribution >= 4 is 27.3 Å². The minimum absolute atomic E-state index is 0.00916. The smallest absolute Gasteiger partial charge is 0.242 e. The van der Waals surface area contributed by atoms with Gasteiger partial charge in [0.2, 0.25) is 11.8 Å². The molecule has 0 aromatic heterocycles. The molecular weight excluding hydrogens is 352 g/mol. The van der Waals surface area contributed by atoms with Gasteiger partial charge in [0.15, 0.2) is 9.84 Å². The number of benzene rings is 1. The van der Waals surface area contributed by atoms with Gasteiger partial charge in [0, 0.05) is 25.2 Å². The fourth-order valence-electron chi connectivity index (χ4n) is 3.47. The van der Waals surface area contributed by atoms with E-state index in [0.29, 0.717) is 13.0 Å². The number of amides is 2. The van der Waals surface area contributed by atoms with Gasteiger partial charge in [-0.1, -0.05) is 32.0 Å². The summed E-state index contributed by atoms with van der Waals surface area (Å²) in [6.07, 6.45) is 0.463. The standard InChI is InChI=1S/C19H28N2O4S/c1-5-20(16-10-11-26(24,25)13-16)19(23)12-21(15(4)22)18-9-7-6-8-17(18)14(2)3/h6-9,14,16H,5,10-13H2,1-4H3. The van der Waals surface area contributed by atoms with Crippen LogP contribution in [0.5, 0.6) is 0 Å². The zero-order chi connectivity index (χ0) is 19.5. The Balaban J connectivity index is 2.24. The third-order valence-corrected chi connectivity index (χ3v) is 6.58. The van der Waals surface area contributed by atoms with Crippen LogP contribution in [0.1, 0.15) is 45.6 Å². The third kappa shape index (κ3) is 4.63. The molecule has 1 saturated heterocycles. The van der Waals surface area contributed by atoms with E-state index in [1.165, 1.54) is 11.8 Å². The number of carbonyl (C=O) groups excluding carboxylic acids is 2. The van der Waals surface area contributed by atoms with Gasteiger partial charge in [0.1, 0.15) is 6.54 Å². The molecule has 1 aromatic rings. The lowest BCUT2D eigenvalue weighted by Crippen LogP contribution is -2.47. The van der Waals surface area contributed by atoms with Crippen molar-refractivity contribution in [3.05, 3.63) is 29.8 Å². The van der Waals surface area contributed by atoms with Crippen LogP contribution in [0, 0.1) is 0 Å². The normalized spacial score (nSPS) is 18.7. The second-order valence-corrected chi connectivity index (χ2v) is 9.28. The fourth-order valence-corrected chi connectivity index (χ4v) is 5.20. The summed E-state index contributed by atoms with van der Waals surface area (Å²) in [5.41, 5.74) is 1.74. The van der Waals surface area contributed by atoms with E-state index in [0.717, 1.165) is 11.3 Å². The van der Waals surface area contributed by atoms with Crippen LogP contribution in [0.3, 0.4) is 0 Å². The topological polar surface area (TPSA) is 74.8 Å². The van der Waals surface area contributed by atoms with Crippen LogP contribution in [-0.4, -0.2) is 55.8 Å². The van der Waals surface area contributed by atoms with Crippen molar-refractivity contribution in [1.82, 2.24) is 4.90 Å². The van der Waals surface area contributed by atoms with E-state index in [1.54, 1.807) is 4.90 Å². The van der Waals surface area contributed by atoms with Crippen LogP contribution < -0.4 is 4.90 Å². The molecule has 6 nitrogen and oxygen atoms in total. The summed E-state index contributed by atoms with van der Waals surface area (Å²) in [7, 11) is -3.07. The van der Waals surface area contributed by atoms with Gasteiger partial charge in [-0.15, -0.1) is 0 Å². The summed E-state index contributed by atoms with van der Waals surface area (Å²) in [6, 6.07) is 7.28. The highest BCUT2D eigenvalue weighted by Gasteiger charge is 2.34. The van der Waals surface area contributed by atoms with Gasteiger partial charge in [-0.3, -0.25) is 9.59 Å². The molecule has 1 heterocycles. The minimum atomic E-state index is -3.07. The molecule has 0 spiro atoms. The molecule has 26 heavy (non-hydrogen) atoms. The first kappa shape index (κ1) is 20.4. The quantitative estimate of drug-likeness (QED) is 0.758. The number of sulfone groups is 1. The molecule has 2 rings (SSSR count). The number of likely N-dealkylation sites (N-methyl/N-ethyl adjacent to an activating group) is 1. The van der Waals surface area contributed by atoms with Gasteiger partial charge >= 0.3 is 0 Å². The van der Waals surface area contributed by atoms with Crippen LogP contribution in [0.4, 0.5) is 5.69 Å². The zero-order valence-electron chi connectivity index (χ0n) is 15.9. The molecule has 1 aromatic carbocycles. The molecule has 7 heteroatoms. The van der Waals surface area contributed by atoms with Crippen LogP contribution in [0.2, 0.25) is 0 Å². The average molecular weight is 381 g/mol. The second kappa shape index (κ2) is 8.20. The van der Waals surface area contributed by atoms with E-state index in [-0.39, 0.29) is 41.8 Å². The van der Waals surface area contributed by atoms with E-state index < -0.39 is 9.84 Å². The number of carbonyl (C=O) groups is 2. The van der Waals surface area contributed by atoms with Crippen LogP contribution >= 0.6 is 0 Å². The maximum atomic E-state index is 12.9. The largest absolute Gasteiger partial charge is 0.337 e. The van der Waals surface area contributed by atoms with Gasteiger partial charge < -0.3 is 9.80 Å². The fraction of sp³-hybridized carbons (Fsp3) is 0.579. The molecule has 0 N–H and O–H groups in total. The predicted octanol–water partition coefficient (Wildman–Crippen LogP) is 2.20. The number of anilines is 1. The lowest BCUT2D eigenvalue weighted by atomic mass is 10.0. The SMILES string of the molecule is CCN(C(=O)CN(C(C)=O)c1ccccc1C(C)C)C1CCS(=O)(=O)C1. The van der Waals surface area contributed by atoms with Gasteiger partial charge in [0.25, 0.3) is 0 Å². The van der Waals surface area contributed by atoms with Gasteiger partial charge in [-0.05, 0) is 30.9 Å². The van der Waals surface area contributed by atoms with E-state index in [1.807, 2.05) is 45.0 Å². The summed E-state index contributed by atoms with van der Waals surface area (Å²) >= 11 is 0. The highest BCUT2D eigenvalue weighted by Crippen LogP contribution is 2.28. The Morgan fingerprint density at radius 3 is 2.38 bits per heavy atom. The number of hydrogen-bond donors (Lipinski definition) is 0. The van der Waals surface area contributed by atoms with Gasteiger partial charge in [-0.25, -0.2) is 8.42 Å². The first-order chi connectivity index (χ1) is 12.2. The highest BCUT2D eigenvalue weighted by atomic mass is 32.2. The Hall–Kier alpha value is -1.89. The Bertz CT molecular complexity index is 773. The Morgan fingerprint density at radius 1 is 1.23 bits per heavy atom. The Morgan fingerprint density at radius 2 is 1.88 bits per heavy atom.